The van der Waals surface area contributed by atoms with E-state index in [1.165, 1.54) is 0 Å². The molecule has 2 aromatic rings. The summed E-state index contributed by atoms with van der Waals surface area (Å²) in [5.41, 5.74) is 1.29. The van der Waals surface area contributed by atoms with Crippen LogP contribution in [-0.4, -0.2) is 22.1 Å². The number of urea groups is 1. The lowest BCUT2D eigenvalue weighted by atomic mass is 10.1. The van der Waals surface area contributed by atoms with E-state index in [9.17, 15) is 9.59 Å². The molecule has 6 nitrogen and oxygen atoms in total. The van der Waals surface area contributed by atoms with Crippen LogP contribution in [0.1, 0.15) is 38.9 Å². The fourth-order valence-corrected chi connectivity index (χ4v) is 2.97. The molecule has 128 valence electrons. The zero-order valence-electron chi connectivity index (χ0n) is 14.3. The Balaban J connectivity index is 1.79. The van der Waals surface area contributed by atoms with Gasteiger partial charge in [-0.25, -0.2) is 9.78 Å². The minimum Gasteiger partial charge on any atom is -0.338 e. The third kappa shape index (κ3) is 3.58. The Bertz CT molecular complexity index is 811. The predicted octanol–water partition coefficient (Wildman–Crippen LogP) is 2.90. The summed E-state index contributed by atoms with van der Waals surface area (Å²) in [4.78, 5) is 29.2. The molecule has 24 heavy (non-hydrogen) atoms. The first-order valence-electron chi connectivity index (χ1n) is 8.63. The first kappa shape index (κ1) is 16.5. The van der Waals surface area contributed by atoms with Gasteiger partial charge in [0.25, 0.3) is 5.56 Å². The lowest BCUT2D eigenvalue weighted by Gasteiger charge is -2.18. The van der Waals surface area contributed by atoms with Crippen LogP contribution in [-0.2, 0) is 13.0 Å². The summed E-state index contributed by atoms with van der Waals surface area (Å²) in [6, 6.07) is 5.06. The van der Waals surface area contributed by atoms with Gasteiger partial charge in [-0.15, -0.1) is 0 Å². The fourth-order valence-electron chi connectivity index (χ4n) is 2.97. The average Bonchev–Trinajstić information content (AvgIpc) is 2.55. The number of aromatic nitrogens is 2. The maximum Gasteiger partial charge on any atom is 0.319 e. The molecule has 1 aliphatic heterocycles. The number of aryl methyl sites for hydroxylation is 1. The SMILES string of the molecule is CC(C)CCNC(=O)Nc1ccc2nc3n(c(=O)c2c1)CCCC3. The van der Waals surface area contributed by atoms with Crippen LogP contribution in [0.2, 0.25) is 0 Å². The number of anilines is 1. The van der Waals surface area contributed by atoms with Crippen LogP contribution >= 0.6 is 0 Å². The smallest absolute Gasteiger partial charge is 0.319 e. The summed E-state index contributed by atoms with van der Waals surface area (Å²) >= 11 is 0. The van der Waals surface area contributed by atoms with E-state index < -0.39 is 0 Å². The number of amides is 2. The van der Waals surface area contributed by atoms with Crippen LogP contribution in [0.4, 0.5) is 10.5 Å². The molecule has 0 saturated carbocycles. The molecular weight excluding hydrogens is 304 g/mol. The summed E-state index contributed by atoms with van der Waals surface area (Å²) in [6.45, 7) is 5.59. The Hall–Kier alpha value is -2.37. The monoisotopic (exact) mass is 328 g/mol. The standard InChI is InChI=1S/C18H24N4O2/c1-12(2)8-9-19-18(24)20-13-6-7-15-14(11-13)17(23)22-10-4-3-5-16(22)21-15/h6-7,11-12H,3-5,8-10H2,1-2H3,(H2,19,20,24). The van der Waals surface area contributed by atoms with Crippen molar-refractivity contribution in [2.75, 3.05) is 11.9 Å². The topological polar surface area (TPSA) is 76.0 Å². The highest BCUT2D eigenvalue weighted by molar-refractivity contribution is 5.92. The van der Waals surface area contributed by atoms with Crippen molar-refractivity contribution in [2.24, 2.45) is 5.92 Å². The van der Waals surface area contributed by atoms with Crippen LogP contribution in [0.15, 0.2) is 23.0 Å². The molecule has 0 saturated heterocycles. The second-order valence-electron chi connectivity index (χ2n) is 6.74. The molecule has 0 bridgehead atoms. The van der Waals surface area contributed by atoms with Gasteiger partial charge in [-0.3, -0.25) is 9.36 Å². The number of nitrogens with zero attached hydrogens (tertiary/aromatic N) is 2. The number of nitrogens with one attached hydrogen (secondary N) is 2. The largest absolute Gasteiger partial charge is 0.338 e. The van der Waals surface area contributed by atoms with Gasteiger partial charge < -0.3 is 10.6 Å². The maximum absolute atomic E-state index is 12.7. The molecule has 1 aromatic carbocycles. The van der Waals surface area contributed by atoms with Gasteiger partial charge in [0.15, 0.2) is 0 Å². The summed E-state index contributed by atoms with van der Waals surface area (Å²) in [5, 5.41) is 6.17. The number of hydrogen-bond acceptors (Lipinski definition) is 3. The quantitative estimate of drug-likeness (QED) is 0.906. The highest BCUT2D eigenvalue weighted by Gasteiger charge is 2.15. The molecule has 0 spiro atoms. The Morgan fingerprint density at radius 3 is 2.96 bits per heavy atom. The van der Waals surface area contributed by atoms with E-state index in [1.54, 1.807) is 22.8 Å². The molecule has 0 radical (unpaired) electrons. The number of carbonyl (C=O) groups excluding carboxylic acids is 1. The van der Waals surface area contributed by atoms with Gasteiger partial charge in [0.05, 0.1) is 10.9 Å². The lowest BCUT2D eigenvalue weighted by molar-refractivity contribution is 0.251. The Kier molecular flexibility index (Phi) is 4.83. The molecule has 1 aromatic heterocycles. The van der Waals surface area contributed by atoms with Gasteiger partial charge in [-0.2, -0.15) is 0 Å². The van der Waals surface area contributed by atoms with E-state index >= 15 is 0 Å². The molecule has 0 aliphatic carbocycles. The molecule has 6 heteroatoms. The molecule has 2 amide bonds. The Morgan fingerprint density at radius 2 is 2.17 bits per heavy atom. The summed E-state index contributed by atoms with van der Waals surface area (Å²) in [5.74, 6) is 1.41. The fraction of sp³-hybridized carbons (Fsp3) is 0.500. The third-order valence-electron chi connectivity index (χ3n) is 4.33. The predicted molar refractivity (Wildman–Crippen MR) is 95.4 cm³/mol. The van der Waals surface area contributed by atoms with Crippen molar-refractivity contribution in [1.82, 2.24) is 14.9 Å². The van der Waals surface area contributed by atoms with Crippen molar-refractivity contribution < 1.29 is 4.79 Å². The summed E-state index contributed by atoms with van der Waals surface area (Å²) < 4.78 is 1.76. The number of benzene rings is 1. The van der Waals surface area contributed by atoms with Crippen LogP contribution in [0, 0.1) is 5.92 Å². The van der Waals surface area contributed by atoms with Crippen molar-refractivity contribution in [3.8, 4) is 0 Å². The second kappa shape index (κ2) is 7.03. The van der Waals surface area contributed by atoms with E-state index in [-0.39, 0.29) is 11.6 Å². The highest BCUT2D eigenvalue weighted by Crippen LogP contribution is 2.18. The van der Waals surface area contributed by atoms with Crippen molar-refractivity contribution in [3.63, 3.8) is 0 Å². The van der Waals surface area contributed by atoms with E-state index in [4.69, 9.17) is 0 Å². The molecule has 0 atom stereocenters. The summed E-state index contributed by atoms with van der Waals surface area (Å²) in [6.07, 6.45) is 3.87. The number of rotatable bonds is 4. The van der Waals surface area contributed by atoms with Gasteiger partial charge in [-0.05, 0) is 43.4 Å². The first-order valence-corrected chi connectivity index (χ1v) is 8.63. The Labute approximate surface area is 141 Å². The average molecular weight is 328 g/mol. The second-order valence-corrected chi connectivity index (χ2v) is 6.74. The maximum atomic E-state index is 12.7. The molecule has 0 unspecified atom stereocenters. The van der Waals surface area contributed by atoms with Crippen molar-refractivity contribution >= 4 is 22.6 Å². The number of hydrogen-bond donors (Lipinski definition) is 2. The highest BCUT2D eigenvalue weighted by atomic mass is 16.2. The minimum atomic E-state index is -0.249. The normalized spacial score (nSPS) is 13.8. The molecule has 0 fully saturated rings. The minimum absolute atomic E-state index is 0.0152. The molecule has 1 aliphatic rings. The molecule has 2 N–H and O–H groups in total. The van der Waals surface area contributed by atoms with Crippen LogP contribution < -0.4 is 16.2 Å². The zero-order chi connectivity index (χ0) is 17.1. The molecule has 3 rings (SSSR count). The number of carbonyl (C=O) groups is 1. The van der Waals surface area contributed by atoms with Gasteiger partial charge >= 0.3 is 6.03 Å². The van der Waals surface area contributed by atoms with Gasteiger partial charge in [0.2, 0.25) is 0 Å². The van der Waals surface area contributed by atoms with Crippen LogP contribution in [0.5, 0.6) is 0 Å². The van der Waals surface area contributed by atoms with Crippen LogP contribution in [0.25, 0.3) is 10.9 Å². The van der Waals surface area contributed by atoms with Crippen LogP contribution in [0.3, 0.4) is 0 Å². The van der Waals surface area contributed by atoms with E-state index in [0.29, 0.717) is 29.1 Å². The van der Waals surface area contributed by atoms with Crippen molar-refractivity contribution in [3.05, 3.63) is 34.4 Å². The summed E-state index contributed by atoms with van der Waals surface area (Å²) in [7, 11) is 0. The lowest BCUT2D eigenvalue weighted by Crippen LogP contribution is -2.30. The van der Waals surface area contributed by atoms with E-state index in [2.05, 4.69) is 29.5 Å². The zero-order valence-corrected chi connectivity index (χ0v) is 14.3. The molecule has 2 heterocycles. The van der Waals surface area contributed by atoms with E-state index in [1.807, 2.05) is 0 Å². The number of fused-ring (bicyclic) bond motifs is 2. The Morgan fingerprint density at radius 1 is 1.33 bits per heavy atom. The van der Waals surface area contributed by atoms with Gasteiger partial charge in [-0.1, -0.05) is 13.8 Å². The first-order chi connectivity index (χ1) is 11.5. The van der Waals surface area contributed by atoms with Crippen molar-refractivity contribution in [1.29, 1.82) is 0 Å². The van der Waals surface area contributed by atoms with E-state index in [0.717, 1.165) is 38.1 Å². The van der Waals surface area contributed by atoms with Crippen molar-refractivity contribution in [2.45, 2.75) is 46.1 Å². The van der Waals surface area contributed by atoms with Gasteiger partial charge in [0.1, 0.15) is 5.82 Å². The third-order valence-corrected chi connectivity index (χ3v) is 4.33. The van der Waals surface area contributed by atoms with Gasteiger partial charge in [0, 0.05) is 25.2 Å². The molecular formula is C18H24N4O2.